The van der Waals surface area contributed by atoms with E-state index in [1.165, 1.54) is 0 Å². The average Bonchev–Trinajstić information content (AvgIpc) is 3.04. The number of esters is 1. The van der Waals surface area contributed by atoms with Gasteiger partial charge < -0.3 is 10.1 Å². The zero-order valence-electron chi connectivity index (χ0n) is 14.2. The molecule has 2 aromatic rings. The van der Waals surface area contributed by atoms with E-state index >= 15 is 0 Å². The number of carbonyl (C=O) groups is 2. The maximum Gasteiger partial charge on any atom is 0.346 e. The molecule has 1 aliphatic rings. The molecular formula is C18H18N2O5S. The SMILES string of the molecule is CCOC(=O)c1c([N+](=O)[O-])sc2c1C(NC(=O)c1ccccc1)CCC2. The molecule has 7 nitrogen and oxygen atoms in total. The molecule has 8 heteroatoms. The van der Waals surface area contributed by atoms with Crippen LogP contribution in [0.25, 0.3) is 0 Å². The number of rotatable bonds is 5. The summed E-state index contributed by atoms with van der Waals surface area (Å²) in [6.45, 7) is 1.78. The number of amides is 1. The normalized spacial score (nSPS) is 15.8. The quantitative estimate of drug-likeness (QED) is 0.489. The summed E-state index contributed by atoms with van der Waals surface area (Å²) in [6, 6.07) is 8.29. The van der Waals surface area contributed by atoms with Gasteiger partial charge in [-0.15, -0.1) is 0 Å². The van der Waals surface area contributed by atoms with Gasteiger partial charge in [-0.05, 0) is 38.3 Å². The van der Waals surface area contributed by atoms with Crippen LogP contribution in [0.4, 0.5) is 5.00 Å². The molecule has 26 heavy (non-hydrogen) atoms. The molecule has 0 radical (unpaired) electrons. The highest BCUT2D eigenvalue weighted by atomic mass is 32.1. The van der Waals surface area contributed by atoms with Crippen LogP contribution in [0.5, 0.6) is 0 Å². The van der Waals surface area contributed by atoms with Crippen LogP contribution in [0.2, 0.25) is 0 Å². The number of carbonyl (C=O) groups excluding carboxylic acids is 2. The highest BCUT2D eigenvalue weighted by Gasteiger charge is 2.37. The summed E-state index contributed by atoms with van der Waals surface area (Å²) < 4.78 is 5.03. The number of aryl methyl sites for hydroxylation is 1. The Kier molecular flexibility index (Phi) is 5.32. The van der Waals surface area contributed by atoms with Gasteiger partial charge in [0.15, 0.2) is 5.56 Å². The lowest BCUT2D eigenvalue weighted by Gasteiger charge is -2.24. The zero-order valence-corrected chi connectivity index (χ0v) is 15.0. The van der Waals surface area contributed by atoms with Crippen molar-refractivity contribution in [3.8, 4) is 0 Å². The fourth-order valence-corrected chi connectivity index (χ4v) is 4.35. The molecule has 1 atom stereocenters. The number of nitrogens with one attached hydrogen (secondary N) is 1. The van der Waals surface area contributed by atoms with Gasteiger partial charge >= 0.3 is 11.0 Å². The Morgan fingerprint density at radius 2 is 2.08 bits per heavy atom. The summed E-state index contributed by atoms with van der Waals surface area (Å²) in [7, 11) is 0. The third-order valence-corrected chi connectivity index (χ3v) is 5.45. The third-order valence-electron chi connectivity index (χ3n) is 4.24. The van der Waals surface area contributed by atoms with Gasteiger partial charge in [0.1, 0.15) is 0 Å². The van der Waals surface area contributed by atoms with Gasteiger partial charge in [0.05, 0.1) is 17.6 Å². The Balaban J connectivity index is 1.98. The minimum Gasteiger partial charge on any atom is -0.462 e. The predicted molar refractivity (Wildman–Crippen MR) is 96.5 cm³/mol. The first-order chi connectivity index (χ1) is 12.5. The van der Waals surface area contributed by atoms with Crippen molar-refractivity contribution in [3.05, 3.63) is 62.0 Å². The van der Waals surface area contributed by atoms with Crippen molar-refractivity contribution < 1.29 is 19.2 Å². The third kappa shape index (κ3) is 3.45. The molecule has 3 rings (SSSR count). The van der Waals surface area contributed by atoms with Gasteiger partial charge in [0.2, 0.25) is 0 Å². The van der Waals surface area contributed by atoms with Crippen LogP contribution in [-0.2, 0) is 11.2 Å². The van der Waals surface area contributed by atoms with E-state index in [2.05, 4.69) is 5.32 Å². The van der Waals surface area contributed by atoms with E-state index in [-0.39, 0.29) is 23.1 Å². The molecule has 0 saturated heterocycles. The van der Waals surface area contributed by atoms with Crippen LogP contribution in [-0.4, -0.2) is 23.4 Å². The van der Waals surface area contributed by atoms with Gasteiger partial charge in [-0.25, -0.2) is 4.79 Å². The van der Waals surface area contributed by atoms with E-state index in [9.17, 15) is 19.7 Å². The topological polar surface area (TPSA) is 98.5 Å². The van der Waals surface area contributed by atoms with Crippen molar-refractivity contribution in [3.63, 3.8) is 0 Å². The van der Waals surface area contributed by atoms with Gasteiger partial charge in [-0.3, -0.25) is 14.9 Å². The van der Waals surface area contributed by atoms with E-state index in [1.807, 2.05) is 6.07 Å². The summed E-state index contributed by atoms with van der Waals surface area (Å²) in [4.78, 5) is 36.5. The van der Waals surface area contributed by atoms with E-state index in [1.54, 1.807) is 31.2 Å². The second-order valence-corrected chi connectivity index (χ2v) is 6.96. The second kappa shape index (κ2) is 7.65. The van der Waals surface area contributed by atoms with Crippen LogP contribution in [0.1, 0.15) is 57.0 Å². The fourth-order valence-electron chi connectivity index (χ4n) is 3.15. The van der Waals surface area contributed by atoms with Gasteiger partial charge in [0, 0.05) is 16.0 Å². The van der Waals surface area contributed by atoms with Gasteiger partial charge in [-0.2, -0.15) is 0 Å². The number of nitro groups is 1. The van der Waals surface area contributed by atoms with Crippen LogP contribution >= 0.6 is 11.3 Å². The zero-order chi connectivity index (χ0) is 18.7. The lowest BCUT2D eigenvalue weighted by molar-refractivity contribution is -0.380. The summed E-state index contributed by atoms with van der Waals surface area (Å²) in [5, 5.41) is 14.1. The number of fused-ring (bicyclic) bond motifs is 1. The summed E-state index contributed by atoms with van der Waals surface area (Å²) in [6.07, 6.45) is 2.05. The van der Waals surface area contributed by atoms with Crippen molar-refractivity contribution in [2.75, 3.05) is 6.61 Å². The van der Waals surface area contributed by atoms with Crippen molar-refractivity contribution in [2.45, 2.75) is 32.2 Å². The first-order valence-electron chi connectivity index (χ1n) is 8.35. The molecule has 1 aromatic heterocycles. The Morgan fingerprint density at radius 1 is 1.35 bits per heavy atom. The van der Waals surface area contributed by atoms with Crippen molar-refractivity contribution in [2.24, 2.45) is 0 Å². The minimum absolute atomic E-state index is 0.0186. The monoisotopic (exact) mass is 374 g/mol. The van der Waals surface area contributed by atoms with Crippen molar-refractivity contribution >= 4 is 28.2 Å². The van der Waals surface area contributed by atoms with Crippen LogP contribution in [0.3, 0.4) is 0 Å². The second-order valence-electron chi connectivity index (χ2n) is 5.88. The lowest BCUT2D eigenvalue weighted by atomic mass is 9.90. The average molecular weight is 374 g/mol. The predicted octanol–water partition coefficient (Wildman–Crippen LogP) is 3.64. The van der Waals surface area contributed by atoms with Crippen LogP contribution in [0.15, 0.2) is 30.3 Å². The molecule has 1 heterocycles. The molecule has 1 amide bonds. The maximum atomic E-state index is 12.5. The van der Waals surface area contributed by atoms with Crippen LogP contribution in [0, 0.1) is 10.1 Å². The Hall–Kier alpha value is -2.74. The van der Waals surface area contributed by atoms with Gasteiger partial charge in [0.25, 0.3) is 5.91 Å². The number of nitrogens with zero attached hydrogens (tertiary/aromatic N) is 1. The molecule has 1 aromatic carbocycles. The van der Waals surface area contributed by atoms with E-state index in [0.717, 1.165) is 22.6 Å². The number of ether oxygens (including phenoxy) is 1. The molecular weight excluding hydrogens is 356 g/mol. The number of thiophene rings is 1. The fraction of sp³-hybridized carbons (Fsp3) is 0.333. The summed E-state index contributed by atoms with van der Waals surface area (Å²) in [5.74, 6) is -0.982. The molecule has 1 unspecified atom stereocenters. The highest BCUT2D eigenvalue weighted by Crippen LogP contribution is 2.44. The summed E-state index contributed by atoms with van der Waals surface area (Å²) >= 11 is 1.000. The number of hydrogen-bond donors (Lipinski definition) is 1. The Labute approximate surface area is 154 Å². The molecule has 136 valence electrons. The Bertz CT molecular complexity index is 847. The molecule has 0 spiro atoms. The summed E-state index contributed by atoms with van der Waals surface area (Å²) in [5.41, 5.74) is 1.02. The van der Waals surface area contributed by atoms with Gasteiger partial charge in [-0.1, -0.05) is 29.5 Å². The smallest absolute Gasteiger partial charge is 0.346 e. The van der Waals surface area contributed by atoms with E-state index < -0.39 is 16.9 Å². The largest absolute Gasteiger partial charge is 0.462 e. The molecule has 0 aliphatic heterocycles. The van der Waals surface area contributed by atoms with Crippen LogP contribution < -0.4 is 5.32 Å². The lowest BCUT2D eigenvalue weighted by Crippen LogP contribution is -2.31. The first-order valence-corrected chi connectivity index (χ1v) is 9.17. The van der Waals surface area contributed by atoms with Crippen molar-refractivity contribution in [1.82, 2.24) is 5.32 Å². The molecule has 1 aliphatic carbocycles. The molecule has 0 bridgehead atoms. The molecule has 0 saturated carbocycles. The number of benzene rings is 1. The molecule has 0 fully saturated rings. The highest BCUT2D eigenvalue weighted by molar-refractivity contribution is 7.16. The van der Waals surface area contributed by atoms with Crippen molar-refractivity contribution in [1.29, 1.82) is 0 Å². The standard InChI is InChI=1S/C18H18N2O5S/c1-2-25-18(22)15-14-12(19-16(21)11-7-4-3-5-8-11)9-6-10-13(14)26-17(15)20(23)24/h3-5,7-8,12H,2,6,9-10H2,1H3,(H,19,21). The molecule has 1 N–H and O–H groups in total. The number of hydrogen-bond acceptors (Lipinski definition) is 6. The first kappa shape index (κ1) is 18.1. The maximum absolute atomic E-state index is 12.5. The minimum atomic E-state index is -0.711. The Morgan fingerprint density at radius 3 is 2.73 bits per heavy atom. The van der Waals surface area contributed by atoms with E-state index in [4.69, 9.17) is 4.74 Å². The van der Waals surface area contributed by atoms with E-state index in [0.29, 0.717) is 24.0 Å².